The van der Waals surface area contributed by atoms with Crippen molar-refractivity contribution in [1.82, 2.24) is 4.98 Å². The second kappa shape index (κ2) is 8.68. The molecule has 4 heteroatoms. The molecule has 0 saturated heterocycles. The van der Waals surface area contributed by atoms with Crippen molar-refractivity contribution < 1.29 is 4.79 Å². The maximum atomic E-state index is 12.7. The molecule has 0 unspecified atom stereocenters. The Morgan fingerprint density at radius 3 is 2.31 bits per heavy atom. The van der Waals surface area contributed by atoms with E-state index in [1.165, 1.54) is 11.1 Å². The number of anilines is 1. The molecule has 0 saturated carbocycles. The fourth-order valence-electron chi connectivity index (χ4n) is 2.65. The summed E-state index contributed by atoms with van der Waals surface area (Å²) in [4.78, 5) is 17.7. The molecule has 3 rings (SSSR count). The van der Waals surface area contributed by atoms with Gasteiger partial charge >= 0.3 is 0 Å². The van der Waals surface area contributed by atoms with E-state index in [2.05, 4.69) is 24.1 Å². The number of amides is 1. The number of carbonyl (C=O) groups excluding carboxylic acids is 1. The van der Waals surface area contributed by atoms with Gasteiger partial charge in [-0.1, -0.05) is 38.1 Å². The molecule has 0 atom stereocenters. The van der Waals surface area contributed by atoms with Crippen LogP contribution in [0.3, 0.4) is 0 Å². The summed E-state index contributed by atoms with van der Waals surface area (Å²) in [6.45, 7) is 4.25. The van der Waals surface area contributed by atoms with Crippen molar-refractivity contribution in [2.75, 3.05) is 5.32 Å². The van der Waals surface area contributed by atoms with E-state index >= 15 is 0 Å². The van der Waals surface area contributed by atoms with Crippen LogP contribution in [0.4, 0.5) is 5.69 Å². The minimum atomic E-state index is -0.0735. The molecule has 0 radical (unpaired) electrons. The normalized spacial score (nSPS) is 10.7. The molecular weight excluding hydrogens is 340 g/mol. The van der Waals surface area contributed by atoms with Gasteiger partial charge in [0.25, 0.3) is 5.91 Å². The zero-order chi connectivity index (χ0) is 18.4. The average molecular weight is 362 g/mol. The molecule has 132 valence electrons. The standard InChI is InChI=1S/C22H22N2OS/c1-16(2)26-21-6-4-3-5-20(21)22(25)24-19-9-7-17(8-10-19)15-18-11-13-23-14-12-18/h3-14,16H,15H2,1-2H3,(H,24,25). The highest BCUT2D eigenvalue weighted by Gasteiger charge is 2.12. The summed E-state index contributed by atoms with van der Waals surface area (Å²) in [5, 5.41) is 3.43. The van der Waals surface area contributed by atoms with Crippen molar-refractivity contribution in [3.8, 4) is 0 Å². The molecule has 0 aliphatic carbocycles. The molecule has 1 amide bonds. The van der Waals surface area contributed by atoms with Crippen molar-refractivity contribution in [2.45, 2.75) is 30.4 Å². The summed E-state index contributed by atoms with van der Waals surface area (Å²) >= 11 is 1.70. The number of nitrogens with zero attached hydrogens (tertiary/aromatic N) is 1. The summed E-state index contributed by atoms with van der Waals surface area (Å²) < 4.78 is 0. The molecule has 3 aromatic rings. The second-order valence-electron chi connectivity index (χ2n) is 6.35. The van der Waals surface area contributed by atoms with Crippen LogP contribution in [-0.4, -0.2) is 16.1 Å². The minimum Gasteiger partial charge on any atom is -0.322 e. The zero-order valence-electron chi connectivity index (χ0n) is 15.0. The van der Waals surface area contributed by atoms with Gasteiger partial charge in [0.1, 0.15) is 0 Å². The highest BCUT2D eigenvalue weighted by molar-refractivity contribution is 8.00. The quantitative estimate of drug-likeness (QED) is 0.595. The van der Waals surface area contributed by atoms with E-state index < -0.39 is 0 Å². The first kappa shape index (κ1) is 18.2. The van der Waals surface area contributed by atoms with Crippen LogP contribution in [0.5, 0.6) is 0 Å². The number of carbonyl (C=O) groups is 1. The first-order chi connectivity index (χ1) is 12.6. The minimum absolute atomic E-state index is 0.0735. The highest BCUT2D eigenvalue weighted by atomic mass is 32.2. The van der Waals surface area contributed by atoms with Crippen molar-refractivity contribution in [3.05, 3.63) is 89.7 Å². The molecule has 3 nitrogen and oxygen atoms in total. The van der Waals surface area contributed by atoms with E-state index in [0.29, 0.717) is 10.8 Å². The summed E-state index contributed by atoms with van der Waals surface area (Å²) in [7, 11) is 0. The molecule has 1 heterocycles. The maximum absolute atomic E-state index is 12.7. The highest BCUT2D eigenvalue weighted by Crippen LogP contribution is 2.27. The van der Waals surface area contributed by atoms with Gasteiger partial charge in [-0.15, -0.1) is 11.8 Å². The van der Waals surface area contributed by atoms with Gasteiger partial charge < -0.3 is 5.32 Å². The van der Waals surface area contributed by atoms with E-state index in [1.54, 1.807) is 24.2 Å². The number of thioether (sulfide) groups is 1. The Labute approximate surface area is 158 Å². The third-order valence-corrected chi connectivity index (χ3v) is 4.95. The molecule has 0 bridgehead atoms. The van der Waals surface area contributed by atoms with E-state index in [0.717, 1.165) is 17.0 Å². The van der Waals surface area contributed by atoms with Gasteiger partial charge in [0.15, 0.2) is 0 Å². The Kier molecular flexibility index (Phi) is 6.08. The summed E-state index contributed by atoms with van der Waals surface area (Å²) in [6, 6.07) is 19.8. The van der Waals surface area contributed by atoms with Crippen LogP contribution < -0.4 is 5.32 Å². The average Bonchev–Trinajstić information content (AvgIpc) is 2.64. The maximum Gasteiger partial charge on any atom is 0.256 e. The van der Waals surface area contributed by atoms with E-state index in [1.807, 2.05) is 60.7 Å². The third kappa shape index (κ3) is 4.96. The Balaban J connectivity index is 1.68. The monoisotopic (exact) mass is 362 g/mol. The lowest BCUT2D eigenvalue weighted by Gasteiger charge is -2.12. The summed E-state index contributed by atoms with van der Waals surface area (Å²) in [5.74, 6) is -0.0735. The lowest BCUT2D eigenvalue weighted by molar-refractivity contribution is 0.102. The topological polar surface area (TPSA) is 42.0 Å². The largest absolute Gasteiger partial charge is 0.322 e. The van der Waals surface area contributed by atoms with Crippen molar-refractivity contribution in [3.63, 3.8) is 0 Å². The lowest BCUT2D eigenvalue weighted by Crippen LogP contribution is -2.13. The third-order valence-electron chi connectivity index (χ3n) is 3.86. The van der Waals surface area contributed by atoms with Crippen LogP contribution in [0.15, 0.2) is 78.0 Å². The Bertz CT molecular complexity index is 861. The molecule has 2 aromatic carbocycles. The van der Waals surface area contributed by atoms with Gasteiger partial charge in [-0.05, 0) is 53.9 Å². The van der Waals surface area contributed by atoms with Crippen molar-refractivity contribution in [1.29, 1.82) is 0 Å². The predicted octanol–water partition coefficient (Wildman–Crippen LogP) is 5.43. The van der Waals surface area contributed by atoms with Crippen LogP contribution in [0.1, 0.15) is 35.3 Å². The van der Waals surface area contributed by atoms with Crippen LogP contribution in [0.25, 0.3) is 0 Å². The first-order valence-corrected chi connectivity index (χ1v) is 9.54. The van der Waals surface area contributed by atoms with Gasteiger partial charge in [-0.3, -0.25) is 9.78 Å². The molecule has 1 aromatic heterocycles. The van der Waals surface area contributed by atoms with Gasteiger partial charge in [-0.25, -0.2) is 0 Å². The number of aromatic nitrogens is 1. The molecule has 26 heavy (non-hydrogen) atoms. The Morgan fingerprint density at radius 1 is 0.962 bits per heavy atom. The van der Waals surface area contributed by atoms with Crippen molar-refractivity contribution in [2.24, 2.45) is 0 Å². The molecule has 0 spiro atoms. The van der Waals surface area contributed by atoms with Crippen LogP contribution in [0.2, 0.25) is 0 Å². The Morgan fingerprint density at radius 2 is 1.62 bits per heavy atom. The number of rotatable bonds is 6. The number of hydrogen-bond donors (Lipinski definition) is 1. The lowest BCUT2D eigenvalue weighted by atomic mass is 10.1. The van der Waals surface area contributed by atoms with Crippen LogP contribution in [0, 0.1) is 0 Å². The molecule has 1 N–H and O–H groups in total. The van der Waals surface area contributed by atoms with E-state index in [-0.39, 0.29) is 5.91 Å². The summed E-state index contributed by atoms with van der Waals surface area (Å²) in [6.07, 6.45) is 4.46. The van der Waals surface area contributed by atoms with Crippen LogP contribution >= 0.6 is 11.8 Å². The number of benzene rings is 2. The van der Waals surface area contributed by atoms with Gasteiger partial charge in [0.05, 0.1) is 5.56 Å². The fraction of sp³-hybridized carbons (Fsp3) is 0.182. The van der Waals surface area contributed by atoms with Crippen molar-refractivity contribution >= 4 is 23.4 Å². The second-order valence-corrected chi connectivity index (χ2v) is 7.96. The summed E-state index contributed by atoms with van der Waals surface area (Å²) in [5.41, 5.74) is 3.94. The van der Waals surface area contributed by atoms with Gasteiger partial charge in [0.2, 0.25) is 0 Å². The van der Waals surface area contributed by atoms with E-state index in [4.69, 9.17) is 0 Å². The molecule has 0 fully saturated rings. The number of pyridine rings is 1. The van der Waals surface area contributed by atoms with Gasteiger partial charge in [-0.2, -0.15) is 0 Å². The number of hydrogen-bond acceptors (Lipinski definition) is 3. The first-order valence-electron chi connectivity index (χ1n) is 8.66. The van der Waals surface area contributed by atoms with Crippen LogP contribution in [-0.2, 0) is 6.42 Å². The van der Waals surface area contributed by atoms with E-state index in [9.17, 15) is 4.79 Å². The molecule has 0 aliphatic rings. The molecular formula is C22H22N2OS. The van der Waals surface area contributed by atoms with Gasteiger partial charge in [0, 0.05) is 28.2 Å². The fourth-order valence-corrected chi connectivity index (χ4v) is 3.60. The Hall–Kier alpha value is -2.59. The molecule has 0 aliphatic heterocycles. The SMILES string of the molecule is CC(C)Sc1ccccc1C(=O)Nc1ccc(Cc2ccncc2)cc1. The number of nitrogens with one attached hydrogen (secondary N) is 1. The smallest absolute Gasteiger partial charge is 0.256 e. The predicted molar refractivity (Wildman–Crippen MR) is 109 cm³/mol. The zero-order valence-corrected chi connectivity index (χ0v) is 15.8.